The maximum Gasteiger partial charge on any atom is 0.125 e. The first-order valence-electron chi connectivity index (χ1n) is 6.65. The van der Waals surface area contributed by atoms with Crippen LogP contribution in [0.15, 0.2) is 36.7 Å². The Morgan fingerprint density at radius 3 is 2.89 bits per heavy atom. The molecule has 0 saturated heterocycles. The van der Waals surface area contributed by atoms with Crippen LogP contribution in [0.3, 0.4) is 0 Å². The van der Waals surface area contributed by atoms with Crippen LogP contribution in [-0.2, 0) is 13.5 Å². The van der Waals surface area contributed by atoms with Gasteiger partial charge in [0.15, 0.2) is 0 Å². The summed E-state index contributed by atoms with van der Waals surface area (Å²) in [7, 11) is 2.03. The van der Waals surface area contributed by atoms with E-state index in [4.69, 9.17) is 11.6 Å². The smallest absolute Gasteiger partial charge is 0.125 e. The highest BCUT2D eigenvalue weighted by Crippen LogP contribution is 2.19. The number of hydrogen-bond donors (Lipinski definition) is 1. The van der Waals surface area contributed by atoms with Gasteiger partial charge >= 0.3 is 0 Å². The molecule has 0 saturated carbocycles. The molecule has 0 aliphatic rings. The standard InChI is InChI=1S/C15H20ClN3/c1-3-7-17-14(15-18-8-9-19(15)2)11-12-5-4-6-13(16)10-12/h4-6,8-10,14,17H,3,7,11H2,1-2H3. The number of aryl methyl sites for hydroxylation is 1. The fourth-order valence-corrected chi connectivity index (χ4v) is 2.40. The molecule has 1 atom stereocenters. The van der Waals surface area contributed by atoms with Gasteiger partial charge in [-0.05, 0) is 37.1 Å². The maximum absolute atomic E-state index is 6.05. The van der Waals surface area contributed by atoms with Crippen molar-refractivity contribution < 1.29 is 0 Å². The SMILES string of the molecule is CCCNC(Cc1cccc(Cl)c1)c1nccn1C. The van der Waals surface area contributed by atoms with Crippen molar-refractivity contribution in [3.05, 3.63) is 53.1 Å². The molecule has 0 fully saturated rings. The van der Waals surface area contributed by atoms with Crippen LogP contribution in [0.1, 0.15) is 30.8 Å². The number of rotatable bonds is 6. The fourth-order valence-electron chi connectivity index (χ4n) is 2.19. The summed E-state index contributed by atoms with van der Waals surface area (Å²) in [6, 6.07) is 8.24. The van der Waals surface area contributed by atoms with Gasteiger partial charge in [0.05, 0.1) is 6.04 Å². The van der Waals surface area contributed by atoms with E-state index >= 15 is 0 Å². The Hall–Kier alpha value is -1.32. The lowest BCUT2D eigenvalue weighted by atomic mass is 10.1. The second-order valence-electron chi connectivity index (χ2n) is 4.74. The number of aromatic nitrogens is 2. The number of benzene rings is 1. The molecule has 19 heavy (non-hydrogen) atoms. The van der Waals surface area contributed by atoms with Gasteiger partial charge in [0, 0.05) is 24.5 Å². The zero-order valence-corrected chi connectivity index (χ0v) is 12.2. The summed E-state index contributed by atoms with van der Waals surface area (Å²) in [6.45, 7) is 3.15. The molecule has 0 aliphatic heterocycles. The third-order valence-electron chi connectivity index (χ3n) is 3.14. The zero-order valence-electron chi connectivity index (χ0n) is 11.4. The van der Waals surface area contributed by atoms with Gasteiger partial charge < -0.3 is 9.88 Å². The zero-order chi connectivity index (χ0) is 13.7. The van der Waals surface area contributed by atoms with Gasteiger partial charge in [0.25, 0.3) is 0 Å². The van der Waals surface area contributed by atoms with Crippen LogP contribution in [0.4, 0.5) is 0 Å². The monoisotopic (exact) mass is 277 g/mol. The number of imidazole rings is 1. The third kappa shape index (κ3) is 3.82. The van der Waals surface area contributed by atoms with Crippen LogP contribution in [0, 0.1) is 0 Å². The molecule has 0 bridgehead atoms. The summed E-state index contributed by atoms with van der Waals surface area (Å²) in [4.78, 5) is 4.46. The van der Waals surface area contributed by atoms with E-state index in [0.717, 1.165) is 30.2 Å². The van der Waals surface area contributed by atoms with E-state index in [1.54, 1.807) is 0 Å². The maximum atomic E-state index is 6.05. The summed E-state index contributed by atoms with van der Waals surface area (Å²) in [5, 5.41) is 4.34. The Labute approximate surface area is 119 Å². The lowest BCUT2D eigenvalue weighted by Crippen LogP contribution is -2.26. The van der Waals surface area contributed by atoms with Crippen molar-refractivity contribution >= 4 is 11.6 Å². The van der Waals surface area contributed by atoms with E-state index in [9.17, 15) is 0 Å². The molecule has 2 rings (SSSR count). The van der Waals surface area contributed by atoms with E-state index in [-0.39, 0.29) is 6.04 Å². The fraction of sp³-hybridized carbons (Fsp3) is 0.400. The van der Waals surface area contributed by atoms with Crippen molar-refractivity contribution in [3.8, 4) is 0 Å². The first-order chi connectivity index (χ1) is 9.20. The molecule has 0 amide bonds. The lowest BCUT2D eigenvalue weighted by molar-refractivity contribution is 0.491. The van der Waals surface area contributed by atoms with Crippen LogP contribution in [0.25, 0.3) is 0 Å². The molecular weight excluding hydrogens is 258 g/mol. The summed E-state index contributed by atoms with van der Waals surface area (Å²) < 4.78 is 2.07. The molecule has 102 valence electrons. The molecule has 1 N–H and O–H groups in total. The minimum Gasteiger partial charge on any atom is -0.337 e. The number of nitrogens with zero attached hydrogens (tertiary/aromatic N) is 2. The van der Waals surface area contributed by atoms with Gasteiger partial charge in [-0.3, -0.25) is 0 Å². The van der Waals surface area contributed by atoms with Crippen LogP contribution in [0.2, 0.25) is 5.02 Å². The van der Waals surface area contributed by atoms with E-state index in [1.807, 2.05) is 37.6 Å². The van der Waals surface area contributed by atoms with Gasteiger partial charge in [-0.15, -0.1) is 0 Å². The van der Waals surface area contributed by atoms with Gasteiger partial charge in [-0.2, -0.15) is 0 Å². The Balaban J connectivity index is 2.16. The van der Waals surface area contributed by atoms with Crippen molar-refractivity contribution in [2.75, 3.05) is 6.54 Å². The molecule has 1 heterocycles. The van der Waals surface area contributed by atoms with Gasteiger partial charge in [0.2, 0.25) is 0 Å². The molecule has 1 aromatic heterocycles. The molecular formula is C15H20ClN3. The Morgan fingerprint density at radius 1 is 1.42 bits per heavy atom. The molecule has 1 unspecified atom stereocenters. The van der Waals surface area contributed by atoms with Crippen molar-refractivity contribution in [1.29, 1.82) is 0 Å². The van der Waals surface area contributed by atoms with Crippen LogP contribution >= 0.6 is 11.6 Å². The van der Waals surface area contributed by atoms with Crippen molar-refractivity contribution in [2.24, 2.45) is 7.05 Å². The van der Waals surface area contributed by atoms with Crippen LogP contribution < -0.4 is 5.32 Å². The average Bonchev–Trinajstić information content (AvgIpc) is 2.81. The highest BCUT2D eigenvalue weighted by Gasteiger charge is 2.15. The molecule has 0 spiro atoms. The molecule has 0 radical (unpaired) electrons. The number of hydrogen-bond acceptors (Lipinski definition) is 2. The van der Waals surface area contributed by atoms with E-state index in [0.29, 0.717) is 0 Å². The van der Waals surface area contributed by atoms with E-state index < -0.39 is 0 Å². The second kappa shape index (κ2) is 6.73. The quantitative estimate of drug-likeness (QED) is 0.877. The molecule has 2 aromatic rings. The summed E-state index contributed by atoms with van der Waals surface area (Å²) in [6.07, 6.45) is 5.82. The molecule has 4 heteroatoms. The van der Waals surface area contributed by atoms with Crippen LogP contribution in [-0.4, -0.2) is 16.1 Å². The first-order valence-corrected chi connectivity index (χ1v) is 7.03. The molecule has 1 aromatic carbocycles. The Kier molecular flexibility index (Phi) is 5.00. The molecule has 3 nitrogen and oxygen atoms in total. The second-order valence-corrected chi connectivity index (χ2v) is 5.17. The predicted molar refractivity (Wildman–Crippen MR) is 79.4 cm³/mol. The number of halogens is 1. The van der Waals surface area contributed by atoms with Crippen LogP contribution in [0.5, 0.6) is 0 Å². The minimum absolute atomic E-state index is 0.221. The van der Waals surface area contributed by atoms with Gasteiger partial charge in [-0.25, -0.2) is 4.98 Å². The average molecular weight is 278 g/mol. The summed E-state index contributed by atoms with van der Waals surface area (Å²) >= 11 is 6.05. The topological polar surface area (TPSA) is 29.9 Å². The highest BCUT2D eigenvalue weighted by atomic mass is 35.5. The summed E-state index contributed by atoms with van der Waals surface area (Å²) in [5.74, 6) is 1.06. The van der Waals surface area contributed by atoms with Crippen molar-refractivity contribution in [2.45, 2.75) is 25.8 Å². The highest BCUT2D eigenvalue weighted by molar-refractivity contribution is 6.30. The summed E-state index contributed by atoms with van der Waals surface area (Å²) in [5.41, 5.74) is 1.23. The lowest BCUT2D eigenvalue weighted by Gasteiger charge is -2.18. The van der Waals surface area contributed by atoms with Crippen molar-refractivity contribution in [3.63, 3.8) is 0 Å². The Bertz CT molecular complexity index is 522. The van der Waals surface area contributed by atoms with Crippen molar-refractivity contribution in [1.82, 2.24) is 14.9 Å². The third-order valence-corrected chi connectivity index (χ3v) is 3.37. The normalized spacial score (nSPS) is 12.6. The van der Waals surface area contributed by atoms with Gasteiger partial charge in [0.1, 0.15) is 5.82 Å². The predicted octanol–water partition coefficient (Wildman–Crippen LogP) is 3.36. The van der Waals surface area contributed by atoms with Gasteiger partial charge in [-0.1, -0.05) is 30.7 Å². The largest absolute Gasteiger partial charge is 0.337 e. The molecule has 0 aliphatic carbocycles. The Morgan fingerprint density at radius 2 is 2.26 bits per heavy atom. The van der Waals surface area contributed by atoms with E-state index in [2.05, 4.69) is 27.9 Å². The minimum atomic E-state index is 0.221. The number of nitrogens with one attached hydrogen (secondary N) is 1. The first kappa shape index (κ1) is 14.1. The van der Waals surface area contributed by atoms with E-state index in [1.165, 1.54) is 5.56 Å².